The first-order chi connectivity index (χ1) is 7.58. The lowest BCUT2D eigenvalue weighted by molar-refractivity contribution is 0.625. The molecule has 2 aliphatic rings. The van der Waals surface area contributed by atoms with E-state index in [2.05, 4.69) is 0 Å². The van der Waals surface area contributed by atoms with Crippen LogP contribution in [-0.2, 0) is 20.6 Å². The highest BCUT2D eigenvalue weighted by atomic mass is 127. The minimum atomic E-state index is -2.27. The predicted molar refractivity (Wildman–Crippen MR) is 93.1 cm³/mol. The highest BCUT2D eigenvalue weighted by molar-refractivity contribution is 14.0. The number of allylic oxidation sites excluding steroid dienone is 8. The van der Waals surface area contributed by atoms with Crippen molar-refractivity contribution in [3.63, 3.8) is 0 Å². The Labute approximate surface area is 141 Å². The normalized spacial score (nSPS) is 15.8. The second kappa shape index (κ2) is 7.40. The summed E-state index contributed by atoms with van der Waals surface area (Å²) in [5, 5.41) is 0. The zero-order chi connectivity index (χ0) is 11.7. The average Bonchev–Trinajstić information content (AvgIpc) is 2.27. The van der Waals surface area contributed by atoms with Crippen LogP contribution in [0.2, 0.25) is 0 Å². The van der Waals surface area contributed by atoms with Crippen LogP contribution in [0.1, 0.15) is 0 Å². The summed E-state index contributed by atoms with van der Waals surface area (Å²) in [6.45, 7) is 0. The summed E-state index contributed by atoms with van der Waals surface area (Å²) in [5.41, 5.74) is 1.38. The molecule has 0 amide bonds. The fourth-order valence-corrected chi connectivity index (χ4v) is 2.21. The standard InChI is InChI=1S/C10H6O4S2.2HI/c11-15(12)9-3-1-7-5-10(16(13)14)4-2-8(7)6-9;;/h1-6H;2*1H. The summed E-state index contributed by atoms with van der Waals surface area (Å²) in [5.74, 6) is 0. The predicted octanol–water partition coefficient (Wildman–Crippen LogP) is 1.32. The molecule has 2 aliphatic carbocycles. The molecule has 4 nitrogen and oxygen atoms in total. The van der Waals surface area contributed by atoms with Gasteiger partial charge in [-0.1, -0.05) is 12.2 Å². The Morgan fingerprint density at radius 2 is 0.944 bits per heavy atom. The second-order valence-corrected chi connectivity index (χ2v) is 5.02. The maximum Gasteiger partial charge on any atom is 0.221 e. The molecule has 0 fully saturated rings. The van der Waals surface area contributed by atoms with Crippen LogP contribution in [0.25, 0.3) is 0 Å². The van der Waals surface area contributed by atoms with Crippen molar-refractivity contribution in [1.82, 2.24) is 0 Å². The molecule has 18 heavy (non-hydrogen) atoms. The van der Waals surface area contributed by atoms with Crippen LogP contribution in [0.4, 0.5) is 0 Å². The Hall–Kier alpha value is -0.200. The van der Waals surface area contributed by atoms with Crippen LogP contribution in [0, 0.1) is 0 Å². The SMILES string of the molecule is I.I.O=S(=O)=C1C=CC2=CC(=S(=O)=O)C=CC2=C1. The molecule has 2 rings (SSSR count). The summed E-state index contributed by atoms with van der Waals surface area (Å²) >= 11 is 0. The molecule has 0 unspecified atom stereocenters. The average molecular weight is 510 g/mol. The lowest BCUT2D eigenvalue weighted by atomic mass is 9.95. The van der Waals surface area contributed by atoms with Gasteiger partial charge in [0, 0.05) is 0 Å². The molecule has 0 saturated heterocycles. The van der Waals surface area contributed by atoms with Gasteiger partial charge < -0.3 is 0 Å². The molecule has 0 spiro atoms. The minimum absolute atomic E-state index is 0. The third-order valence-corrected chi connectivity index (χ3v) is 3.45. The van der Waals surface area contributed by atoms with Gasteiger partial charge in [-0.2, -0.15) is 16.8 Å². The molecule has 0 N–H and O–H groups in total. The van der Waals surface area contributed by atoms with E-state index in [1.807, 2.05) is 0 Å². The van der Waals surface area contributed by atoms with Crippen LogP contribution in [0.5, 0.6) is 0 Å². The van der Waals surface area contributed by atoms with Crippen LogP contribution in [-0.4, -0.2) is 26.6 Å². The maximum atomic E-state index is 10.7. The molecule has 0 aromatic rings. The van der Waals surface area contributed by atoms with Gasteiger partial charge in [-0.25, -0.2) is 0 Å². The Balaban J connectivity index is 0.00000144. The quantitative estimate of drug-likeness (QED) is 0.365. The Morgan fingerprint density at radius 3 is 1.22 bits per heavy atom. The largest absolute Gasteiger partial charge is 0.221 e. The Bertz CT molecular complexity index is 666. The number of hydrogen-bond donors (Lipinski definition) is 0. The van der Waals surface area contributed by atoms with Crippen LogP contribution < -0.4 is 0 Å². The van der Waals surface area contributed by atoms with Crippen molar-refractivity contribution in [2.24, 2.45) is 0 Å². The number of fused-ring (bicyclic) bond motifs is 1. The minimum Gasteiger partial charge on any atom is -0.184 e. The van der Waals surface area contributed by atoms with Gasteiger partial charge in [-0.05, 0) is 35.5 Å². The Kier molecular flexibility index (Phi) is 7.32. The smallest absolute Gasteiger partial charge is 0.184 e. The lowest BCUT2D eigenvalue weighted by Crippen LogP contribution is -2.05. The summed E-state index contributed by atoms with van der Waals surface area (Å²) in [7, 11) is -4.54. The van der Waals surface area contributed by atoms with Crippen LogP contribution >= 0.6 is 48.0 Å². The molecule has 0 aromatic carbocycles. The molecule has 98 valence electrons. The molecule has 0 atom stereocenters. The lowest BCUT2D eigenvalue weighted by Gasteiger charge is -2.11. The van der Waals surface area contributed by atoms with Crippen LogP contribution in [0.3, 0.4) is 0 Å². The first kappa shape index (κ1) is 17.8. The first-order valence-corrected chi connectivity index (χ1v) is 6.45. The van der Waals surface area contributed by atoms with Crippen molar-refractivity contribution in [1.29, 1.82) is 0 Å². The molecule has 0 aromatic heterocycles. The zero-order valence-electron chi connectivity index (χ0n) is 8.73. The summed E-state index contributed by atoms with van der Waals surface area (Å²) < 4.78 is 42.9. The van der Waals surface area contributed by atoms with E-state index in [1.165, 1.54) is 24.3 Å². The van der Waals surface area contributed by atoms with E-state index in [4.69, 9.17) is 0 Å². The molecular formula is C10H8I2O4S2. The van der Waals surface area contributed by atoms with E-state index in [1.54, 1.807) is 12.2 Å². The van der Waals surface area contributed by atoms with E-state index < -0.39 is 20.6 Å². The van der Waals surface area contributed by atoms with Crippen molar-refractivity contribution in [2.75, 3.05) is 0 Å². The van der Waals surface area contributed by atoms with Gasteiger partial charge in [0.05, 0.1) is 9.73 Å². The van der Waals surface area contributed by atoms with E-state index in [0.717, 1.165) is 0 Å². The first-order valence-electron chi connectivity index (χ1n) is 4.30. The summed E-state index contributed by atoms with van der Waals surface area (Å²) in [6, 6.07) is 0. The summed E-state index contributed by atoms with van der Waals surface area (Å²) in [4.78, 5) is 0.368. The molecule has 0 radical (unpaired) electrons. The van der Waals surface area contributed by atoms with E-state index >= 15 is 0 Å². The highest BCUT2D eigenvalue weighted by Gasteiger charge is 2.12. The Morgan fingerprint density at radius 1 is 0.611 bits per heavy atom. The molecule has 0 heterocycles. The van der Waals surface area contributed by atoms with Gasteiger partial charge in [-0.3, -0.25) is 0 Å². The van der Waals surface area contributed by atoms with Crippen LogP contribution in [0.15, 0.2) is 47.6 Å². The van der Waals surface area contributed by atoms with Gasteiger partial charge in [-0.15, -0.1) is 48.0 Å². The third kappa shape index (κ3) is 3.90. The fourth-order valence-electron chi connectivity index (χ4n) is 1.41. The molecular weight excluding hydrogens is 502 g/mol. The topological polar surface area (TPSA) is 68.3 Å². The van der Waals surface area contributed by atoms with Crippen molar-refractivity contribution < 1.29 is 16.8 Å². The highest BCUT2D eigenvalue weighted by Crippen LogP contribution is 2.21. The number of rotatable bonds is 0. The van der Waals surface area contributed by atoms with Crippen molar-refractivity contribution in [2.45, 2.75) is 0 Å². The second-order valence-electron chi connectivity index (χ2n) is 3.14. The molecule has 0 bridgehead atoms. The third-order valence-electron chi connectivity index (χ3n) is 2.17. The molecule has 0 saturated carbocycles. The van der Waals surface area contributed by atoms with Gasteiger partial charge in [0.15, 0.2) is 0 Å². The molecule has 8 heteroatoms. The monoisotopic (exact) mass is 510 g/mol. The summed E-state index contributed by atoms with van der Waals surface area (Å²) in [6.07, 6.45) is 9.02. The molecule has 0 aliphatic heterocycles. The van der Waals surface area contributed by atoms with Crippen molar-refractivity contribution in [3.8, 4) is 0 Å². The van der Waals surface area contributed by atoms with Gasteiger partial charge in [0.2, 0.25) is 20.6 Å². The van der Waals surface area contributed by atoms with Gasteiger partial charge in [0.1, 0.15) is 0 Å². The van der Waals surface area contributed by atoms with Gasteiger partial charge >= 0.3 is 0 Å². The maximum absolute atomic E-state index is 10.7. The van der Waals surface area contributed by atoms with Crippen molar-refractivity contribution in [3.05, 3.63) is 47.6 Å². The number of hydrogen-bond acceptors (Lipinski definition) is 4. The van der Waals surface area contributed by atoms with E-state index in [0.29, 0.717) is 11.1 Å². The van der Waals surface area contributed by atoms with Gasteiger partial charge in [0.25, 0.3) is 0 Å². The van der Waals surface area contributed by atoms with E-state index in [-0.39, 0.29) is 57.7 Å². The van der Waals surface area contributed by atoms with Crippen molar-refractivity contribution >= 4 is 78.3 Å². The zero-order valence-corrected chi connectivity index (χ0v) is 15.0. The van der Waals surface area contributed by atoms with E-state index in [9.17, 15) is 16.8 Å². The number of halogens is 2. The fraction of sp³-hybridized carbons (Fsp3) is 0.